The fourth-order valence-corrected chi connectivity index (χ4v) is 5.91. The maximum Gasteiger partial charge on any atom is 0.258 e. The third-order valence-corrected chi connectivity index (χ3v) is 7.67. The minimum Gasteiger partial charge on any atom is -0.373 e. The van der Waals surface area contributed by atoms with Crippen LogP contribution in [0.2, 0.25) is 0 Å². The van der Waals surface area contributed by atoms with Gasteiger partial charge >= 0.3 is 0 Å². The smallest absolute Gasteiger partial charge is 0.258 e. The van der Waals surface area contributed by atoms with E-state index in [1.807, 2.05) is 36.4 Å². The number of fused-ring (bicyclic) bond motifs is 1. The van der Waals surface area contributed by atoms with Crippen molar-refractivity contribution >= 4 is 17.8 Å². The quantitative estimate of drug-likeness (QED) is 0.476. The fraction of sp³-hybridized carbons (Fsp3) is 0.303. The van der Waals surface area contributed by atoms with Crippen molar-refractivity contribution in [3.05, 3.63) is 118 Å². The summed E-state index contributed by atoms with van der Waals surface area (Å²) in [6, 6.07) is 16.4. The van der Waals surface area contributed by atoms with Crippen LogP contribution in [0.4, 0.5) is 0 Å². The number of carbonyl (C=O) groups is 2. The molecule has 0 unspecified atom stereocenters. The van der Waals surface area contributed by atoms with E-state index in [4.69, 9.17) is 4.74 Å². The number of nitrogens with zero attached hydrogens (tertiary/aromatic N) is 3. The highest BCUT2D eigenvalue weighted by atomic mass is 16.5. The third-order valence-electron chi connectivity index (χ3n) is 7.67. The number of amides is 1. The molecular formula is C33H34N4O3. The van der Waals surface area contributed by atoms with Crippen molar-refractivity contribution in [2.45, 2.75) is 52.0 Å². The lowest BCUT2D eigenvalue weighted by Gasteiger charge is -2.35. The first-order valence-corrected chi connectivity index (χ1v) is 13.9. The van der Waals surface area contributed by atoms with Crippen molar-refractivity contribution in [3.8, 4) is 0 Å². The molecule has 1 saturated heterocycles. The summed E-state index contributed by atoms with van der Waals surface area (Å²) in [4.78, 5) is 28.4. The number of Topliss-reactive ketones (excluding diaryl/α,β-unsaturated/α-hetero) is 1. The molecule has 1 amide bonds. The summed E-state index contributed by atoms with van der Waals surface area (Å²) in [5, 5.41) is 7.32. The Bertz CT molecular complexity index is 1520. The van der Waals surface area contributed by atoms with Crippen LogP contribution in [0.3, 0.4) is 0 Å². The second-order valence-corrected chi connectivity index (χ2v) is 11.0. The SMILES string of the molecule is C[C@@H]1CN(Cc2cccc3c2C=C(C2=CC(NC(=O)c4cnn(Cc5ccccc5)c4)=CCC2=O)C3)C[C@H](C)O1. The largest absolute Gasteiger partial charge is 0.373 e. The minimum atomic E-state index is -0.240. The number of hydrogen-bond donors (Lipinski definition) is 1. The highest BCUT2D eigenvalue weighted by molar-refractivity contribution is 6.04. The molecule has 1 aliphatic heterocycles. The molecule has 2 aromatic carbocycles. The van der Waals surface area contributed by atoms with Crippen LogP contribution in [0.25, 0.3) is 6.08 Å². The van der Waals surface area contributed by atoms with Gasteiger partial charge in [-0.25, -0.2) is 0 Å². The first kappa shape index (κ1) is 26.2. The number of rotatable bonds is 7. The van der Waals surface area contributed by atoms with Gasteiger partial charge in [0.05, 0.1) is 30.5 Å². The standard InChI is InChI=1S/C33H34N4O3/c1-22-17-36(18-23(2)40-22)20-26-10-6-9-25-13-27(14-30(25)26)31-15-29(11-12-32(31)38)35-33(39)28-16-34-37(21-28)19-24-7-4-3-5-8-24/h3-11,14-16,21-23H,12-13,17-20H2,1-2H3,(H,35,39)/t22-,23+. The number of ether oxygens (including phenoxy) is 1. The molecule has 0 saturated carbocycles. The first-order chi connectivity index (χ1) is 19.4. The Hall–Kier alpha value is -4.07. The molecule has 0 bridgehead atoms. The van der Waals surface area contributed by atoms with Crippen LogP contribution in [0, 0.1) is 0 Å². The molecule has 1 fully saturated rings. The second kappa shape index (κ2) is 11.2. The molecule has 3 aliphatic rings. The molecule has 40 heavy (non-hydrogen) atoms. The Morgan fingerprint density at radius 1 is 1.02 bits per heavy atom. The predicted molar refractivity (Wildman–Crippen MR) is 154 cm³/mol. The van der Waals surface area contributed by atoms with Crippen molar-refractivity contribution in [1.29, 1.82) is 0 Å². The summed E-state index contributed by atoms with van der Waals surface area (Å²) in [7, 11) is 0. The third kappa shape index (κ3) is 5.76. The number of hydrogen-bond acceptors (Lipinski definition) is 5. The molecule has 3 aromatic rings. The van der Waals surface area contributed by atoms with Crippen LogP contribution in [0.5, 0.6) is 0 Å². The first-order valence-electron chi connectivity index (χ1n) is 13.9. The van der Waals surface area contributed by atoms with Gasteiger partial charge in [0.2, 0.25) is 0 Å². The average Bonchev–Trinajstić information content (AvgIpc) is 3.58. The van der Waals surface area contributed by atoms with Gasteiger partial charge < -0.3 is 10.1 Å². The molecule has 0 radical (unpaired) electrons. The number of aromatic nitrogens is 2. The molecular weight excluding hydrogens is 500 g/mol. The Kier molecular flexibility index (Phi) is 7.32. The highest BCUT2D eigenvalue weighted by Gasteiger charge is 2.27. The summed E-state index contributed by atoms with van der Waals surface area (Å²) >= 11 is 0. The van der Waals surface area contributed by atoms with E-state index in [0.717, 1.165) is 30.8 Å². The normalized spacial score (nSPS) is 20.9. The molecule has 2 heterocycles. The van der Waals surface area contributed by atoms with E-state index in [1.54, 1.807) is 23.2 Å². The van der Waals surface area contributed by atoms with E-state index < -0.39 is 0 Å². The van der Waals surface area contributed by atoms with E-state index in [0.29, 0.717) is 29.8 Å². The van der Waals surface area contributed by atoms with Crippen LogP contribution in [0.1, 0.15) is 52.9 Å². The van der Waals surface area contributed by atoms with Gasteiger partial charge in [0.1, 0.15) is 0 Å². The molecule has 7 nitrogen and oxygen atoms in total. The minimum absolute atomic E-state index is 0.0742. The van der Waals surface area contributed by atoms with Crippen molar-refractivity contribution < 1.29 is 14.3 Å². The Balaban J connectivity index is 1.16. The second-order valence-electron chi connectivity index (χ2n) is 11.0. The van der Waals surface area contributed by atoms with Gasteiger partial charge in [0.15, 0.2) is 5.78 Å². The van der Waals surface area contributed by atoms with Crippen molar-refractivity contribution in [2.75, 3.05) is 13.1 Å². The fourth-order valence-electron chi connectivity index (χ4n) is 5.91. The van der Waals surface area contributed by atoms with Crippen molar-refractivity contribution in [3.63, 3.8) is 0 Å². The van der Waals surface area contributed by atoms with Crippen molar-refractivity contribution in [2.24, 2.45) is 0 Å². The van der Waals surface area contributed by atoms with Crippen LogP contribution in [-0.4, -0.2) is 51.7 Å². The zero-order valence-electron chi connectivity index (χ0n) is 23.0. The number of benzene rings is 2. The van der Waals surface area contributed by atoms with Crippen LogP contribution < -0.4 is 5.32 Å². The summed E-state index contributed by atoms with van der Waals surface area (Å²) < 4.78 is 7.66. The van der Waals surface area contributed by atoms with E-state index >= 15 is 0 Å². The van der Waals surface area contributed by atoms with Crippen LogP contribution >= 0.6 is 0 Å². The summed E-state index contributed by atoms with van der Waals surface area (Å²) in [5.41, 5.74) is 7.64. The molecule has 1 N–H and O–H groups in total. The zero-order chi connectivity index (χ0) is 27.6. The number of nitrogens with one attached hydrogen (secondary N) is 1. The average molecular weight is 535 g/mol. The maximum atomic E-state index is 13.0. The van der Waals surface area contributed by atoms with Crippen molar-refractivity contribution in [1.82, 2.24) is 20.0 Å². The lowest BCUT2D eigenvalue weighted by Crippen LogP contribution is -2.44. The monoisotopic (exact) mass is 534 g/mol. The van der Waals surface area contributed by atoms with E-state index in [9.17, 15) is 9.59 Å². The molecule has 6 rings (SSSR count). The van der Waals surface area contributed by atoms with E-state index in [-0.39, 0.29) is 30.3 Å². The van der Waals surface area contributed by atoms with Gasteiger partial charge in [-0.2, -0.15) is 5.10 Å². The molecule has 204 valence electrons. The zero-order valence-corrected chi connectivity index (χ0v) is 23.0. The number of morpholine rings is 1. The van der Waals surface area contributed by atoms with Gasteiger partial charge in [0.25, 0.3) is 5.91 Å². The molecule has 1 aromatic heterocycles. The molecule has 2 atom stereocenters. The van der Waals surface area contributed by atoms with E-state index in [2.05, 4.69) is 53.4 Å². The lowest BCUT2D eigenvalue weighted by molar-refractivity contribution is -0.114. The Morgan fingerprint density at radius 3 is 2.62 bits per heavy atom. The van der Waals surface area contributed by atoms with Crippen LogP contribution in [0.15, 0.2) is 89.9 Å². The van der Waals surface area contributed by atoms with Gasteiger partial charge in [-0.1, -0.05) is 60.7 Å². The number of ketones is 1. The van der Waals surface area contributed by atoms with Gasteiger partial charge in [-0.3, -0.25) is 19.2 Å². The van der Waals surface area contributed by atoms with Gasteiger partial charge in [-0.15, -0.1) is 0 Å². The lowest BCUT2D eigenvalue weighted by atomic mass is 9.93. The van der Waals surface area contributed by atoms with E-state index in [1.165, 1.54) is 16.7 Å². The summed E-state index contributed by atoms with van der Waals surface area (Å²) in [5.74, 6) is -0.166. The molecule has 2 aliphatic carbocycles. The maximum absolute atomic E-state index is 13.0. The molecule has 7 heteroatoms. The summed E-state index contributed by atoms with van der Waals surface area (Å²) in [6.07, 6.45) is 10.5. The Labute approximate surface area is 234 Å². The predicted octanol–water partition coefficient (Wildman–Crippen LogP) is 4.69. The van der Waals surface area contributed by atoms with Gasteiger partial charge in [0, 0.05) is 43.5 Å². The topological polar surface area (TPSA) is 76.5 Å². The number of carbonyl (C=O) groups excluding carboxylic acids is 2. The summed E-state index contributed by atoms with van der Waals surface area (Å²) in [6.45, 7) is 7.52. The number of allylic oxidation sites excluding steroid dienone is 4. The molecule has 0 spiro atoms. The highest BCUT2D eigenvalue weighted by Crippen LogP contribution is 2.34. The Morgan fingerprint density at radius 2 is 1.82 bits per heavy atom. The van der Waals surface area contributed by atoms with Crippen LogP contribution in [-0.2, 0) is 29.0 Å². The van der Waals surface area contributed by atoms with Gasteiger partial charge in [-0.05, 0) is 54.2 Å².